The van der Waals surface area contributed by atoms with Crippen molar-refractivity contribution >= 4 is 6.08 Å². The zero-order chi connectivity index (χ0) is 13.8. The summed E-state index contributed by atoms with van der Waals surface area (Å²) in [4.78, 5) is 0. The van der Waals surface area contributed by atoms with Crippen LogP contribution in [0.1, 0.15) is 37.3 Å². The van der Waals surface area contributed by atoms with Crippen molar-refractivity contribution in [3.8, 4) is 0 Å². The summed E-state index contributed by atoms with van der Waals surface area (Å²) in [6.07, 6.45) is 14.8. The fourth-order valence-electron chi connectivity index (χ4n) is 2.95. The first kappa shape index (κ1) is 13.4. The first-order valence-corrected chi connectivity index (χ1v) is 7.67. The van der Waals surface area contributed by atoms with Gasteiger partial charge in [0.2, 0.25) is 0 Å². The van der Waals surface area contributed by atoms with Crippen LogP contribution in [0.4, 0.5) is 0 Å². The molecule has 2 aliphatic carbocycles. The van der Waals surface area contributed by atoms with E-state index in [9.17, 15) is 0 Å². The molecule has 1 nitrogen and oxygen atoms in total. The van der Waals surface area contributed by atoms with Crippen molar-refractivity contribution < 1.29 is 0 Å². The molecule has 2 unspecified atom stereocenters. The lowest BCUT2D eigenvalue weighted by Gasteiger charge is -2.09. The first-order chi connectivity index (χ1) is 9.86. The van der Waals surface area contributed by atoms with Crippen LogP contribution in [0.25, 0.3) is 6.08 Å². The Hall–Kier alpha value is -1.60. The van der Waals surface area contributed by atoms with E-state index in [1.165, 1.54) is 30.4 Å². The largest absolute Gasteiger partial charge is 0.309 e. The molecule has 1 aromatic rings. The van der Waals surface area contributed by atoms with Crippen LogP contribution in [0.2, 0.25) is 0 Å². The summed E-state index contributed by atoms with van der Waals surface area (Å²) in [5.74, 6) is 0.794. The molecule has 0 spiro atoms. The van der Waals surface area contributed by atoms with E-state index in [0.717, 1.165) is 12.5 Å². The summed E-state index contributed by atoms with van der Waals surface area (Å²) in [5.41, 5.74) is 4.30. The average molecular weight is 265 g/mol. The van der Waals surface area contributed by atoms with Crippen LogP contribution in [0.15, 0.2) is 54.1 Å². The Morgan fingerprint density at radius 1 is 1.25 bits per heavy atom. The van der Waals surface area contributed by atoms with E-state index in [2.05, 4.69) is 66.9 Å². The van der Waals surface area contributed by atoms with Gasteiger partial charge in [0.05, 0.1) is 0 Å². The molecule has 1 aromatic carbocycles. The maximum absolute atomic E-state index is 3.69. The van der Waals surface area contributed by atoms with Crippen LogP contribution in [0, 0.1) is 5.92 Å². The van der Waals surface area contributed by atoms with Gasteiger partial charge in [0.25, 0.3) is 0 Å². The molecule has 0 heterocycles. The third-order valence-corrected chi connectivity index (χ3v) is 4.22. The first-order valence-electron chi connectivity index (χ1n) is 7.67. The Balaban J connectivity index is 1.48. The average Bonchev–Trinajstić information content (AvgIpc) is 3.27. The summed E-state index contributed by atoms with van der Waals surface area (Å²) in [5, 5.41) is 3.69. The van der Waals surface area contributed by atoms with Gasteiger partial charge in [-0.1, -0.05) is 60.2 Å². The molecule has 20 heavy (non-hydrogen) atoms. The fraction of sp³-hybridized carbons (Fsp3) is 0.368. The van der Waals surface area contributed by atoms with Crippen LogP contribution in [0.3, 0.4) is 0 Å². The zero-order valence-corrected chi connectivity index (χ0v) is 12.2. The van der Waals surface area contributed by atoms with Crippen LogP contribution in [-0.4, -0.2) is 6.04 Å². The molecular formula is C19H23N. The van der Waals surface area contributed by atoms with Crippen LogP contribution in [-0.2, 0) is 6.54 Å². The van der Waals surface area contributed by atoms with Gasteiger partial charge in [-0.3, -0.25) is 0 Å². The maximum Gasteiger partial charge on any atom is 0.0208 e. The number of nitrogens with one attached hydrogen (secondary N) is 1. The molecule has 1 fully saturated rings. The summed E-state index contributed by atoms with van der Waals surface area (Å²) >= 11 is 0. The molecule has 1 heteroatoms. The predicted octanol–water partition coefficient (Wildman–Crippen LogP) is 4.47. The molecule has 104 valence electrons. The highest BCUT2D eigenvalue weighted by Crippen LogP contribution is 2.40. The Labute approximate surface area is 122 Å². The quantitative estimate of drug-likeness (QED) is 0.828. The van der Waals surface area contributed by atoms with Crippen molar-refractivity contribution in [1.82, 2.24) is 5.32 Å². The van der Waals surface area contributed by atoms with Crippen molar-refractivity contribution in [2.24, 2.45) is 5.92 Å². The molecule has 0 saturated heterocycles. The molecule has 0 radical (unpaired) electrons. The van der Waals surface area contributed by atoms with Gasteiger partial charge in [-0.2, -0.15) is 0 Å². The van der Waals surface area contributed by atoms with E-state index in [1.807, 2.05) is 0 Å². The van der Waals surface area contributed by atoms with Gasteiger partial charge in [0.1, 0.15) is 0 Å². The Kier molecular flexibility index (Phi) is 4.17. The van der Waals surface area contributed by atoms with Gasteiger partial charge in [-0.25, -0.2) is 0 Å². The van der Waals surface area contributed by atoms with Crippen LogP contribution >= 0.6 is 0 Å². The molecule has 2 atom stereocenters. The third kappa shape index (κ3) is 3.29. The standard InChI is InChI=1S/C19H23N/c1-2-6-15-9-11-16(12-10-15)14-20-19-13-18(19)17-7-4-3-5-8-17/h2-4,6-7,9-12,18-20H,5,8,13-14H2,1H3/b6-2+. The van der Waals surface area contributed by atoms with Crippen molar-refractivity contribution in [2.45, 2.75) is 38.8 Å². The Bertz CT molecular complexity index is 533. The van der Waals surface area contributed by atoms with E-state index in [4.69, 9.17) is 0 Å². The van der Waals surface area contributed by atoms with Gasteiger partial charge in [-0.15, -0.1) is 0 Å². The Morgan fingerprint density at radius 3 is 2.80 bits per heavy atom. The molecule has 1 N–H and O–H groups in total. The van der Waals surface area contributed by atoms with Gasteiger partial charge in [0, 0.05) is 12.6 Å². The van der Waals surface area contributed by atoms with Crippen molar-refractivity contribution in [2.75, 3.05) is 0 Å². The van der Waals surface area contributed by atoms with E-state index in [0.29, 0.717) is 6.04 Å². The van der Waals surface area contributed by atoms with E-state index < -0.39 is 0 Å². The molecule has 3 rings (SSSR count). The fourth-order valence-corrected chi connectivity index (χ4v) is 2.95. The highest BCUT2D eigenvalue weighted by atomic mass is 15.0. The lowest BCUT2D eigenvalue weighted by molar-refractivity contribution is 0.650. The predicted molar refractivity (Wildman–Crippen MR) is 86.3 cm³/mol. The highest BCUT2D eigenvalue weighted by Gasteiger charge is 2.38. The summed E-state index contributed by atoms with van der Waals surface area (Å²) in [7, 11) is 0. The molecule has 1 saturated carbocycles. The van der Waals surface area contributed by atoms with Crippen LogP contribution in [0.5, 0.6) is 0 Å². The summed E-state index contributed by atoms with van der Waals surface area (Å²) in [6.45, 7) is 3.04. The maximum atomic E-state index is 3.69. The smallest absolute Gasteiger partial charge is 0.0208 e. The van der Waals surface area contributed by atoms with Gasteiger partial charge >= 0.3 is 0 Å². The zero-order valence-electron chi connectivity index (χ0n) is 12.2. The minimum Gasteiger partial charge on any atom is -0.309 e. The number of rotatable bonds is 5. The minimum absolute atomic E-state index is 0.697. The lowest BCUT2D eigenvalue weighted by atomic mass is 10.0. The topological polar surface area (TPSA) is 12.0 Å². The van der Waals surface area contributed by atoms with Crippen molar-refractivity contribution in [3.63, 3.8) is 0 Å². The van der Waals surface area contributed by atoms with Gasteiger partial charge in [-0.05, 0) is 43.2 Å². The SMILES string of the molecule is C/C=C/c1ccc(CNC2CC2C2=CC=CCC2)cc1. The molecule has 0 amide bonds. The second-order valence-corrected chi connectivity index (χ2v) is 5.78. The van der Waals surface area contributed by atoms with E-state index in [1.54, 1.807) is 5.57 Å². The molecule has 2 aliphatic rings. The number of allylic oxidation sites excluding steroid dienone is 4. The monoisotopic (exact) mass is 265 g/mol. The minimum atomic E-state index is 0.697. The summed E-state index contributed by atoms with van der Waals surface area (Å²) in [6, 6.07) is 9.53. The molecule has 0 bridgehead atoms. The third-order valence-electron chi connectivity index (χ3n) is 4.22. The molecule has 0 aliphatic heterocycles. The van der Waals surface area contributed by atoms with Crippen LogP contribution < -0.4 is 5.32 Å². The number of hydrogen-bond acceptors (Lipinski definition) is 1. The second kappa shape index (κ2) is 6.23. The number of hydrogen-bond donors (Lipinski definition) is 1. The molecular weight excluding hydrogens is 242 g/mol. The van der Waals surface area contributed by atoms with Crippen molar-refractivity contribution in [1.29, 1.82) is 0 Å². The number of benzene rings is 1. The Morgan fingerprint density at radius 2 is 2.10 bits per heavy atom. The van der Waals surface area contributed by atoms with E-state index >= 15 is 0 Å². The lowest BCUT2D eigenvalue weighted by Crippen LogP contribution is -2.18. The normalized spacial score (nSPS) is 24.9. The van der Waals surface area contributed by atoms with Crippen molar-refractivity contribution in [3.05, 3.63) is 65.3 Å². The molecule has 0 aromatic heterocycles. The summed E-state index contributed by atoms with van der Waals surface area (Å²) < 4.78 is 0. The second-order valence-electron chi connectivity index (χ2n) is 5.78. The highest BCUT2D eigenvalue weighted by molar-refractivity contribution is 5.49. The van der Waals surface area contributed by atoms with E-state index in [-0.39, 0.29) is 0 Å². The van der Waals surface area contributed by atoms with Gasteiger partial charge < -0.3 is 5.32 Å². The van der Waals surface area contributed by atoms with Gasteiger partial charge in [0.15, 0.2) is 0 Å².